The second-order valence-electron chi connectivity index (χ2n) is 5.47. The fraction of sp³-hybridized carbons (Fsp3) is 0.385. The summed E-state index contributed by atoms with van der Waals surface area (Å²) in [7, 11) is 1.22. The fourth-order valence-electron chi connectivity index (χ4n) is 2.79. The molecule has 26 heavy (non-hydrogen) atoms. The molecule has 0 bridgehead atoms. The first-order valence-electron chi connectivity index (χ1n) is 6.89. The van der Waals surface area contributed by atoms with Gasteiger partial charge in [-0.15, -0.1) is 0 Å². The third-order valence-electron chi connectivity index (χ3n) is 4.39. The quantitative estimate of drug-likeness (QED) is 0.313. The van der Waals surface area contributed by atoms with Gasteiger partial charge < -0.3 is 29.8 Å². The van der Waals surface area contributed by atoms with Crippen molar-refractivity contribution in [2.75, 3.05) is 13.6 Å². The van der Waals surface area contributed by atoms with Gasteiger partial charge in [0.2, 0.25) is 10.8 Å². The number of carbonyl (C=O) groups is 8. The van der Waals surface area contributed by atoms with Crippen LogP contribution in [0.15, 0.2) is 0 Å². The van der Waals surface area contributed by atoms with E-state index >= 15 is 0 Å². The maximum atomic E-state index is 11.2. The number of hydrogen-bond acceptors (Lipinski definition) is 8. The number of carbonyl (C=O) groups excluding carboxylic acids is 8. The van der Waals surface area contributed by atoms with Gasteiger partial charge in [-0.3, -0.25) is 29.0 Å². The minimum atomic E-state index is -2.05. The molecule has 0 aromatic heterocycles. The van der Waals surface area contributed by atoms with Crippen LogP contribution in [-0.4, -0.2) is 70.6 Å². The summed E-state index contributed by atoms with van der Waals surface area (Å²) in [4.78, 5) is 89.3. The number of rotatable bonds is 1. The van der Waals surface area contributed by atoms with E-state index in [0.717, 1.165) is 9.80 Å². The number of β-lactam (4-membered cyclic amide) rings is 8. The van der Waals surface area contributed by atoms with Crippen LogP contribution in [0.4, 0.5) is 0 Å². The van der Waals surface area contributed by atoms with E-state index in [1.165, 1.54) is 7.05 Å². The minimum Gasteiger partial charge on any atom is -0.592 e. The van der Waals surface area contributed by atoms with E-state index in [4.69, 9.17) is 0 Å². The Balaban J connectivity index is 0.000000180. The van der Waals surface area contributed by atoms with Crippen molar-refractivity contribution in [3.8, 4) is 0 Å². The molecule has 2 spiro atoms. The zero-order valence-corrected chi connectivity index (χ0v) is 16.2. The molecule has 4 rings (SSSR count). The van der Waals surface area contributed by atoms with Crippen LogP contribution < -0.4 is 0 Å². The topological polar surface area (TPSA) is 171 Å². The first-order valence-corrected chi connectivity index (χ1v) is 6.89. The van der Waals surface area contributed by atoms with Crippen molar-refractivity contribution in [3.63, 3.8) is 0 Å². The zero-order valence-electron chi connectivity index (χ0n) is 13.3. The van der Waals surface area contributed by atoms with E-state index < -0.39 is 58.1 Å². The third kappa shape index (κ3) is 1.80. The van der Waals surface area contributed by atoms with Gasteiger partial charge in [-0.05, 0) is 6.92 Å². The first-order chi connectivity index (χ1) is 11.6. The van der Waals surface area contributed by atoms with Crippen molar-refractivity contribution < 1.29 is 71.1 Å². The van der Waals surface area contributed by atoms with Gasteiger partial charge in [-0.25, -0.2) is 0 Å². The number of amides is 8. The second kappa shape index (κ2) is 5.84. The maximum Gasteiger partial charge on any atom is 0.256 e. The molecule has 0 atom stereocenters. The largest absolute Gasteiger partial charge is 0.592 e. The van der Waals surface area contributed by atoms with Crippen LogP contribution in [0, 0.1) is 10.8 Å². The molecule has 0 aromatic rings. The predicted octanol–water partition coefficient (Wildman–Crippen LogP) is -2.79. The maximum absolute atomic E-state index is 11.2. The normalized spacial score (nSPS) is 23.8. The standard InChI is InChI=1S/C7H6N2O4.C6H4N2O4.Y/c1-2-9-5(12)7(6(9)13)3(10)8-4(7)11;1-8-4(11)6(5(8)12)2(9)7-3(6)10;/h2H2,1H3,(H,8,10,11);1H3,(H,7,9,10);/p-2. The van der Waals surface area contributed by atoms with Crippen molar-refractivity contribution in [1.82, 2.24) is 9.80 Å². The van der Waals surface area contributed by atoms with Crippen molar-refractivity contribution >= 4 is 47.3 Å². The summed E-state index contributed by atoms with van der Waals surface area (Å²) in [5.41, 5.74) is -4.09. The molecule has 1 radical (unpaired) electrons. The molecule has 4 saturated heterocycles. The molecule has 0 N–H and O–H groups in total. The summed E-state index contributed by atoms with van der Waals surface area (Å²) in [6.07, 6.45) is 0. The van der Waals surface area contributed by atoms with E-state index in [9.17, 15) is 38.4 Å². The number of imide groups is 4. The van der Waals surface area contributed by atoms with Crippen LogP contribution >= 0.6 is 0 Å². The second-order valence-corrected chi connectivity index (χ2v) is 5.47. The van der Waals surface area contributed by atoms with Gasteiger partial charge in [0.05, 0.1) is 23.6 Å². The number of hydrogen-bond donors (Lipinski definition) is 0. The third-order valence-corrected chi connectivity index (χ3v) is 4.39. The molecule has 4 fully saturated rings. The van der Waals surface area contributed by atoms with Crippen LogP contribution in [0.1, 0.15) is 6.92 Å². The monoisotopic (exact) mass is 437 g/mol. The SMILES string of the molecule is CCN1C(=O)C2(C(=O)[N-]C2=O)C1=O.CN1C(=O)C2(C(=O)[N-]C2=O)C1=O.[Y]. The first kappa shape index (κ1) is 20.0. The Hall–Kier alpha value is -2.34. The predicted molar refractivity (Wildman–Crippen MR) is 71.8 cm³/mol. The van der Waals surface area contributed by atoms with E-state index in [1.807, 2.05) is 0 Å². The Bertz CT molecular complexity index is 785. The number of nitrogens with zero attached hydrogens (tertiary/aromatic N) is 4. The van der Waals surface area contributed by atoms with E-state index in [1.54, 1.807) is 6.92 Å². The van der Waals surface area contributed by atoms with Gasteiger partial charge in [-0.1, -0.05) is 0 Å². The molecule has 12 nitrogen and oxygen atoms in total. The molecule has 4 aliphatic rings. The van der Waals surface area contributed by atoms with Gasteiger partial charge in [0.25, 0.3) is 23.6 Å². The Kier molecular flexibility index (Phi) is 4.49. The van der Waals surface area contributed by atoms with Crippen molar-refractivity contribution in [3.05, 3.63) is 10.6 Å². The molecule has 133 valence electrons. The molecule has 0 unspecified atom stereocenters. The van der Waals surface area contributed by atoms with Gasteiger partial charge in [0, 0.05) is 46.3 Å². The summed E-state index contributed by atoms with van der Waals surface area (Å²) in [6, 6.07) is 0. The van der Waals surface area contributed by atoms with Gasteiger partial charge in [0.1, 0.15) is 0 Å². The Morgan fingerprint density at radius 1 is 0.692 bits per heavy atom. The van der Waals surface area contributed by atoms with Gasteiger partial charge >= 0.3 is 0 Å². The van der Waals surface area contributed by atoms with Crippen LogP contribution in [0.5, 0.6) is 0 Å². The van der Waals surface area contributed by atoms with E-state index in [0.29, 0.717) is 0 Å². The summed E-state index contributed by atoms with van der Waals surface area (Å²) in [6.45, 7) is 1.77. The van der Waals surface area contributed by atoms with Crippen LogP contribution in [0.3, 0.4) is 0 Å². The molecule has 4 heterocycles. The summed E-state index contributed by atoms with van der Waals surface area (Å²) in [5, 5.41) is 5.81. The summed E-state index contributed by atoms with van der Waals surface area (Å²) >= 11 is 0. The van der Waals surface area contributed by atoms with Gasteiger partial charge in [0.15, 0.2) is 0 Å². The molecule has 13 heteroatoms. The minimum absolute atomic E-state index is 0. The Morgan fingerprint density at radius 3 is 1.23 bits per heavy atom. The van der Waals surface area contributed by atoms with Crippen molar-refractivity contribution in [1.29, 1.82) is 0 Å². The average molecular weight is 437 g/mol. The van der Waals surface area contributed by atoms with Crippen LogP contribution in [0.2, 0.25) is 0 Å². The molecule has 8 amide bonds. The Labute approximate surface area is 169 Å². The van der Waals surface area contributed by atoms with Crippen molar-refractivity contribution in [2.45, 2.75) is 6.92 Å². The molecular formula is C13H8N4O8Y-2. The molecule has 0 aliphatic carbocycles. The van der Waals surface area contributed by atoms with Crippen LogP contribution in [0.25, 0.3) is 10.6 Å². The molecular weight excluding hydrogens is 429 g/mol. The van der Waals surface area contributed by atoms with Crippen molar-refractivity contribution in [2.24, 2.45) is 10.8 Å². The Morgan fingerprint density at radius 2 is 1.00 bits per heavy atom. The smallest absolute Gasteiger partial charge is 0.256 e. The van der Waals surface area contributed by atoms with E-state index in [-0.39, 0.29) is 39.3 Å². The zero-order chi connectivity index (χ0) is 18.9. The van der Waals surface area contributed by atoms with E-state index in [2.05, 4.69) is 10.6 Å². The molecule has 0 aromatic carbocycles. The van der Waals surface area contributed by atoms with Gasteiger partial charge in [-0.2, -0.15) is 0 Å². The average Bonchev–Trinajstić information content (AvgIpc) is 2.55. The van der Waals surface area contributed by atoms with Crippen LogP contribution in [-0.2, 0) is 71.1 Å². The summed E-state index contributed by atoms with van der Waals surface area (Å²) < 4.78 is 0. The molecule has 0 saturated carbocycles. The fourth-order valence-corrected chi connectivity index (χ4v) is 2.79. The molecule has 4 aliphatic heterocycles. The number of likely N-dealkylation sites (tertiary alicyclic amines) is 2. The summed E-state index contributed by atoms with van der Waals surface area (Å²) in [5.74, 6) is -6.69.